The van der Waals surface area contributed by atoms with Gasteiger partial charge in [-0.25, -0.2) is 0 Å². The second-order valence-electron chi connectivity index (χ2n) is 6.40. The van der Waals surface area contributed by atoms with E-state index in [1.54, 1.807) is 13.2 Å². The molecule has 5 heteroatoms. The lowest BCUT2D eigenvalue weighted by Gasteiger charge is -2.11. The quantitative estimate of drug-likeness (QED) is 0.725. The Morgan fingerprint density at radius 2 is 2.07 bits per heavy atom. The van der Waals surface area contributed by atoms with Crippen LogP contribution < -0.4 is 14.8 Å². The fourth-order valence-electron chi connectivity index (χ4n) is 2.89. The van der Waals surface area contributed by atoms with Crippen LogP contribution in [0.2, 0.25) is 0 Å². The van der Waals surface area contributed by atoms with Crippen molar-refractivity contribution in [2.24, 2.45) is 0 Å². The smallest absolute Gasteiger partial charge is 0.244 e. The number of rotatable bonds is 8. The van der Waals surface area contributed by atoms with Gasteiger partial charge in [0.1, 0.15) is 6.61 Å². The van der Waals surface area contributed by atoms with Gasteiger partial charge in [0.05, 0.1) is 13.2 Å². The standard InChI is InChI=1S/C22H25NO4/c1-25-21-14-17(10-12-22(24)23-15-19-8-5-13-26-19)9-11-20(21)27-16-18-6-3-2-4-7-18/h2-4,6-7,9-12,14,19H,5,8,13,15-16H2,1H3,(H,23,24)/b12-10+. The molecule has 2 aromatic rings. The van der Waals surface area contributed by atoms with E-state index >= 15 is 0 Å². The van der Waals surface area contributed by atoms with Gasteiger partial charge in [-0.2, -0.15) is 0 Å². The molecular weight excluding hydrogens is 342 g/mol. The topological polar surface area (TPSA) is 56.8 Å². The first-order valence-corrected chi connectivity index (χ1v) is 9.17. The lowest BCUT2D eigenvalue weighted by molar-refractivity contribution is -0.116. The predicted octanol–water partition coefficient (Wildman–Crippen LogP) is 3.58. The van der Waals surface area contributed by atoms with Gasteiger partial charge < -0.3 is 19.5 Å². The number of nitrogens with one attached hydrogen (secondary N) is 1. The minimum absolute atomic E-state index is 0.131. The molecule has 0 spiro atoms. The molecule has 0 aliphatic carbocycles. The zero-order valence-electron chi connectivity index (χ0n) is 15.5. The van der Waals surface area contributed by atoms with Crippen LogP contribution in [0.25, 0.3) is 6.08 Å². The fraction of sp³-hybridized carbons (Fsp3) is 0.318. The van der Waals surface area contributed by atoms with Crippen LogP contribution in [-0.4, -0.2) is 32.3 Å². The summed E-state index contributed by atoms with van der Waals surface area (Å²) in [4.78, 5) is 11.9. The van der Waals surface area contributed by atoms with Crippen LogP contribution in [0, 0.1) is 0 Å². The molecule has 3 rings (SSSR count). The summed E-state index contributed by atoms with van der Waals surface area (Å²) >= 11 is 0. The van der Waals surface area contributed by atoms with Crippen molar-refractivity contribution in [3.8, 4) is 11.5 Å². The summed E-state index contributed by atoms with van der Waals surface area (Å²) in [6.07, 6.45) is 5.49. The van der Waals surface area contributed by atoms with Gasteiger partial charge in [-0.3, -0.25) is 4.79 Å². The van der Waals surface area contributed by atoms with E-state index in [-0.39, 0.29) is 12.0 Å². The van der Waals surface area contributed by atoms with E-state index < -0.39 is 0 Å². The lowest BCUT2D eigenvalue weighted by atomic mass is 10.2. The molecule has 142 valence electrons. The zero-order chi connectivity index (χ0) is 18.9. The van der Waals surface area contributed by atoms with Crippen LogP contribution in [0.3, 0.4) is 0 Å². The normalized spacial score (nSPS) is 16.4. The number of ether oxygens (including phenoxy) is 3. The van der Waals surface area contributed by atoms with E-state index in [2.05, 4.69) is 5.32 Å². The van der Waals surface area contributed by atoms with Crippen molar-refractivity contribution in [2.75, 3.05) is 20.3 Å². The SMILES string of the molecule is COc1cc(/C=C/C(=O)NCC2CCCO2)ccc1OCc1ccccc1. The summed E-state index contributed by atoms with van der Waals surface area (Å²) in [6.45, 7) is 1.81. The molecule has 5 nitrogen and oxygen atoms in total. The zero-order valence-corrected chi connectivity index (χ0v) is 15.5. The second kappa shape index (κ2) is 9.78. The molecule has 1 N–H and O–H groups in total. The van der Waals surface area contributed by atoms with Crippen molar-refractivity contribution in [3.63, 3.8) is 0 Å². The summed E-state index contributed by atoms with van der Waals surface area (Å²) in [5, 5.41) is 2.87. The molecule has 0 bridgehead atoms. The maximum atomic E-state index is 11.9. The lowest BCUT2D eigenvalue weighted by Crippen LogP contribution is -2.30. The van der Waals surface area contributed by atoms with Crippen LogP contribution in [0.5, 0.6) is 11.5 Å². The largest absolute Gasteiger partial charge is 0.493 e. The third kappa shape index (κ3) is 5.86. The third-order valence-electron chi connectivity index (χ3n) is 4.38. The van der Waals surface area contributed by atoms with E-state index in [4.69, 9.17) is 14.2 Å². The van der Waals surface area contributed by atoms with Gasteiger partial charge in [-0.1, -0.05) is 36.4 Å². The highest BCUT2D eigenvalue weighted by Gasteiger charge is 2.15. The second-order valence-corrected chi connectivity index (χ2v) is 6.40. The van der Waals surface area contributed by atoms with Gasteiger partial charge in [0.15, 0.2) is 11.5 Å². The maximum Gasteiger partial charge on any atom is 0.244 e. The molecule has 1 atom stereocenters. The van der Waals surface area contributed by atoms with E-state index in [1.165, 1.54) is 6.08 Å². The number of benzene rings is 2. The Morgan fingerprint density at radius 3 is 2.81 bits per heavy atom. The van der Waals surface area contributed by atoms with Gasteiger partial charge in [-0.05, 0) is 42.2 Å². The number of hydrogen-bond acceptors (Lipinski definition) is 4. The average molecular weight is 367 g/mol. The first-order valence-electron chi connectivity index (χ1n) is 9.17. The van der Waals surface area contributed by atoms with Gasteiger partial charge in [0.25, 0.3) is 0 Å². The number of hydrogen-bond donors (Lipinski definition) is 1. The molecule has 1 saturated heterocycles. The minimum atomic E-state index is -0.131. The Kier molecular flexibility index (Phi) is 6.88. The average Bonchev–Trinajstić information content (AvgIpc) is 3.24. The molecule has 1 unspecified atom stereocenters. The van der Waals surface area contributed by atoms with E-state index in [9.17, 15) is 4.79 Å². The summed E-state index contributed by atoms with van der Waals surface area (Å²) < 4.78 is 16.8. The minimum Gasteiger partial charge on any atom is -0.493 e. The number of carbonyl (C=O) groups excluding carboxylic acids is 1. The van der Waals surface area contributed by atoms with Crippen molar-refractivity contribution < 1.29 is 19.0 Å². The highest BCUT2D eigenvalue weighted by atomic mass is 16.5. The van der Waals surface area contributed by atoms with Crippen molar-refractivity contribution >= 4 is 12.0 Å². The Hall–Kier alpha value is -2.79. The summed E-state index contributed by atoms with van der Waals surface area (Å²) in [6, 6.07) is 15.6. The fourth-order valence-corrected chi connectivity index (χ4v) is 2.89. The van der Waals surface area contributed by atoms with E-state index in [1.807, 2.05) is 48.5 Å². The van der Waals surface area contributed by atoms with Gasteiger partial charge in [0.2, 0.25) is 5.91 Å². The number of amides is 1. The van der Waals surface area contributed by atoms with Crippen molar-refractivity contribution in [1.29, 1.82) is 0 Å². The van der Waals surface area contributed by atoms with Crippen LogP contribution in [0.1, 0.15) is 24.0 Å². The number of methoxy groups -OCH3 is 1. The van der Waals surface area contributed by atoms with Crippen molar-refractivity contribution in [2.45, 2.75) is 25.6 Å². The summed E-state index contributed by atoms with van der Waals surface area (Å²) in [5.74, 6) is 1.17. The summed E-state index contributed by atoms with van der Waals surface area (Å²) in [7, 11) is 1.60. The Morgan fingerprint density at radius 1 is 1.22 bits per heavy atom. The van der Waals surface area contributed by atoms with Crippen LogP contribution in [0.4, 0.5) is 0 Å². The van der Waals surface area contributed by atoms with Gasteiger partial charge in [0, 0.05) is 19.2 Å². The van der Waals surface area contributed by atoms with Crippen LogP contribution in [0.15, 0.2) is 54.6 Å². The molecule has 0 radical (unpaired) electrons. The highest BCUT2D eigenvalue weighted by molar-refractivity contribution is 5.91. The number of carbonyl (C=O) groups is 1. The molecule has 0 saturated carbocycles. The monoisotopic (exact) mass is 367 g/mol. The molecule has 1 fully saturated rings. The first-order chi connectivity index (χ1) is 13.2. The molecule has 0 aromatic heterocycles. The van der Waals surface area contributed by atoms with E-state index in [0.29, 0.717) is 24.7 Å². The molecule has 27 heavy (non-hydrogen) atoms. The van der Waals surface area contributed by atoms with Crippen molar-refractivity contribution in [3.05, 3.63) is 65.7 Å². The van der Waals surface area contributed by atoms with Gasteiger partial charge >= 0.3 is 0 Å². The third-order valence-corrected chi connectivity index (χ3v) is 4.38. The van der Waals surface area contributed by atoms with Gasteiger partial charge in [-0.15, -0.1) is 0 Å². The highest BCUT2D eigenvalue weighted by Crippen LogP contribution is 2.29. The summed E-state index contributed by atoms with van der Waals surface area (Å²) in [5.41, 5.74) is 1.96. The molecule has 1 amide bonds. The first kappa shape index (κ1) is 19.0. The van der Waals surface area contributed by atoms with Crippen molar-refractivity contribution in [1.82, 2.24) is 5.32 Å². The molecule has 1 heterocycles. The molecular formula is C22H25NO4. The van der Waals surface area contributed by atoms with Crippen LogP contribution >= 0.6 is 0 Å². The van der Waals surface area contributed by atoms with Crippen LogP contribution in [-0.2, 0) is 16.1 Å². The Balaban J connectivity index is 1.55. The molecule has 1 aliphatic rings. The molecule has 1 aliphatic heterocycles. The van der Waals surface area contributed by atoms with E-state index in [0.717, 1.165) is 30.6 Å². The Bertz CT molecular complexity index is 767. The molecule has 2 aromatic carbocycles. The predicted molar refractivity (Wildman–Crippen MR) is 105 cm³/mol. The Labute approximate surface area is 159 Å². The maximum absolute atomic E-state index is 11.9.